The molecule has 0 saturated carbocycles. The van der Waals surface area contributed by atoms with Crippen molar-refractivity contribution in [2.75, 3.05) is 26.8 Å². The number of nitrogens with one attached hydrogen (secondary N) is 1. The van der Waals surface area contributed by atoms with Crippen molar-refractivity contribution in [2.45, 2.75) is 32.3 Å². The van der Waals surface area contributed by atoms with E-state index in [9.17, 15) is 5.11 Å². The van der Waals surface area contributed by atoms with Crippen LogP contribution in [0.4, 0.5) is 0 Å². The highest BCUT2D eigenvalue weighted by Crippen LogP contribution is 2.22. The van der Waals surface area contributed by atoms with E-state index in [1.165, 1.54) is 5.56 Å². The van der Waals surface area contributed by atoms with Crippen molar-refractivity contribution in [1.29, 1.82) is 0 Å². The Kier molecular flexibility index (Phi) is 5.79. The normalized spacial score (nSPS) is 14.8. The van der Waals surface area contributed by atoms with E-state index in [1.54, 1.807) is 7.11 Å². The van der Waals surface area contributed by atoms with E-state index < -0.39 is 5.60 Å². The van der Waals surface area contributed by atoms with Crippen LogP contribution in [-0.4, -0.2) is 31.9 Å². The third kappa shape index (κ3) is 4.41. The van der Waals surface area contributed by atoms with Crippen molar-refractivity contribution in [3.8, 4) is 0 Å². The van der Waals surface area contributed by atoms with Gasteiger partial charge in [-0.15, -0.1) is 0 Å². The second-order valence-corrected chi connectivity index (χ2v) is 5.22. The predicted molar refractivity (Wildman–Crippen MR) is 74.8 cm³/mol. The molecule has 1 aromatic carbocycles. The molecule has 0 heterocycles. The van der Waals surface area contributed by atoms with Crippen LogP contribution in [0.5, 0.6) is 0 Å². The Bertz CT molecular complexity index is 344. The Morgan fingerprint density at radius 3 is 2.39 bits per heavy atom. The fraction of sp³-hybridized carbons (Fsp3) is 0.600. The van der Waals surface area contributed by atoms with Gasteiger partial charge in [-0.05, 0) is 24.0 Å². The lowest BCUT2D eigenvalue weighted by Gasteiger charge is -2.25. The highest BCUT2D eigenvalue weighted by molar-refractivity contribution is 5.28. The molecule has 18 heavy (non-hydrogen) atoms. The van der Waals surface area contributed by atoms with Crippen LogP contribution in [0.15, 0.2) is 24.3 Å². The number of methoxy groups -OCH3 is 1. The minimum atomic E-state index is -0.844. The van der Waals surface area contributed by atoms with E-state index in [0.717, 1.165) is 12.1 Å². The second-order valence-electron chi connectivity index (χ2n) is 5.22. The molecule has 1 atom stereocenters. The quantitative estimate of drug-likeness (QED) is 0.730. The van der Waals surface area contributed by atoms with Crippen LogP contribution in [0.1, 0.15) is 37.8 Å². The summed E-state index contributed by atoms with van der Waals surface area (Å²) >= 11 is 0. The first kappa shape index (κ1) is 15.2. The van der Waals surface area contributed by atoms with Gasteiger partial charge in [0, 0.05) is 20.2 Å². The van der Waals surface area contributed by atoms with E-state index >= 15 is 0 Å². The average molecular weight is 251 g/mol. The van der Waals surface area contributed by atoms with E-state index in [4.69, 9.17) is 4.74 Å². The van der Waals surface area contributed by atoms with E-state index in [0.29, 0.717) is 19.1 Å². The molecule has 3 nitrogen and oxygen atoms in total. The molecule has 0 spiro atoms. The summed E-state index contributed by atoms with van der Waals surface area (Å²) in [6, 6.07) is 8.19. The zero-order valence-corrected chi connectivity index (χ0v) is 11.9. The Morgan fingerprint density at radius 1 is 1.28 bits per heavy atom. The largest absolute Gasteiger partial charge is 0.384 e. The summed E-state index contributed by atoms with van der Waals surface area (Å²) in [5.41, 5.74) is 1.39. The molecule has 2 N–H and O–H groups in total. The standard InChI is InChI=1S/C15H25NO2/c1-12(2)13-5-7-14(8-6-13)15(3,17)11-16-9-10-18-4/h5-8,12,16-17H,9-11H2,1-4H3. The van der Waals surface area contributed by atoms with Gasteiger partial charge >= 0.3 is 0 Å². The maximum atomic E-state index is 10.4. The molecule has 0 amide bonds. The third-order valence-corrected chi connectivity index (χ3v) is 3.15. The smallest absolute Gasteiger partial charge is 0.0992 e. The fourth-order valence-corrected chi connectivity index (χ4v) is 1.84. The van der Waals surface area contributed by atoms with Gasteiger partial charge in [0.15, 0.2) is 0 Å². The molecule has 1 aromatic rings. The van der Waals surface area contributed by atoms with Gasteiger partial charge in [-0.3, -0.25) is 0 Å². The van der Waals surface area contributed by atoms with Crippen molar-refractivity contribution in [2.24, 2.45) is 0 Å². The molecule has 0 radical (unpaired) electrons. The van der Waals surface area contributed by atoms with Crippen LogP contribution in [0.25, 0.3) is 0 Å². The summed E-state index contributed by atoms with van der Waals surface area (Å²) in [6.45, 7) is 8.09. The number of hydrogen-bond donors (Lipinski definition) is 2. The number of hydrogen-bond acceptors (Lipinski definition) is 3. The van der Waals surface area contributed by atoms with Gasteiger partial charge in [0.25, 0.3) is 0 Å². The van der Waals surface area contributed by atoms with Crippen molar-refractivity contribution < 1.29 is 9.84 Å². The van der Waals surface area contributed by atoms with Crippen LogP contribution < -0.4 is 5.32 Å². The summed E-state index contributed by atoms with van der Waals surface area (Å²) in [6.07, 6.45) is 0. The summed E-state index contributed by atoms with van der Waals surface area (Å²) < 4.78 is 4.96. The van der Waals surface area contributed by atoms with Crippen LogP contribution >= 0.6 is 0 Å². The number of benzene rings is 1. The van der Waals surface area contributed by atoms with Gasteiger partial charge in [-0.1, -0.05) is 38.1 Å². The molecule has 0 aromatic heterocycles. The SMILES string of the molecule is COCCNCC(C)(O)c1ccc(C(C)C)cc1. The molecule has 0 bridgehead atoms. The number of aliphatic hydroxyl groups is 1. The van der Waals surface area contributed by atoms with Crippen LogP contribution in [-0.2, 0) is 10.3 Å². The van der Waals surface area contributed by atoms with Crippen molar-refractivity contribution in [3.05, 3.63) is 35.4 Å². The summed E-state index contributed by atoms with van der Waals surface area (Å²) in [7, 11) is 1.67. The molecular weight excluding hydrogens is 226 g/mol. The zero-order valence-electron chi connectivity index (χ0n) is 11.9. The lowest BCUT2D eigenvalue weighted by Crippen LogP contribution is -2.36. The molecule has 1 rings (SSSR count). The Morgan fingerprint density at radius 2 is 1.89 bits per heavy atom. The second kappa shape index (κ2) is 6.88. The minimum absolute atomic E-state index is 0.517. The molecule has 0 fully saturated rings. The first-order valence-corrected chi connectivity index (χ1v) is 6.50. The molecule has 0 aliphatic rings. The Labute approximate surface area is 110 Å². The first-order chi connectivity index (χ1) is 8.47. The maximum absolute atomic E-state index is 10.4. The molecule has 0 aliphatic carbocycles. The first-order valence-electron chi connectivity index (χ1n) is 6.50. The van der Waals surface area contributed by atoms with Gasteiger partial charge in [0.1, 0.15) is 0 Å². The van der Waals surface area contributed by atoms with Crippen molar-refractivity contribution >= 4 is 0 Å². The van der Waals surface area contributed by atoms with Gasteiger partial charge in [0.2, 0.25) is 0 Å². The zero-order chi connectivity index (χ0) is 13.6. The molecule has 0 aliphatic heterocycles. The Hall–Kier alpha value is -0.900. The van der Waals surface area contributed by atoms with Gasteiger partial charge < -0.3 is 15.2 Å². The van der Waals surface area contributed by atoms with Crippen molar-refractivity contribution in [3.63, 3.8) is 0 Å². The van der Waals surface area contributed by atoms with Crippen LogP contribution in [0.3, 0.4) is 0 Å². The third-order valence-electron chi connectivity index (χ3n) is 3.15. The maximum Gasteiger partial charge on any atom is 0.0992 e. The molecule has 0 saturated heterocycles. The monoisotopic (exact) mass is 251 g/mol. The summed E-state index contributed by atoms with van der Waals surface area (Å²) in [4.78, 5) is 0. The topological polar surface area (TPSA) is 41.5 Å². The highest BCUT2D eigenvalue weighted by atomic mass is 16.5. The molecule has 1 unspecified atom stereocenters. The van der Waals surface area contributed by atoms with Crippen LogP contribution in [0, 0.1) is 0 Å². The van der Waals surface area contributed by atoms with E-state index in [2.05, 4.69) is 31.3 Å². The molecular formula is C15H25NO2. The molecule has 3 heteroatoms. The van der Waals surface area contributed by atoms with Crippen molar-refractivity contribution in [1.82, 2.24) is 5.32 Å². The van der Waals surface area contributed by atoms with Gasteiger partial charge in [0.05, 0.1) is 12.2 Å². The van der Waals surface area contributed by atoms with Gasteiger partial charge in [-0.25, -0.2) is 0 Å². The lowest BCUT2D eigenvalue weighted by atomic mass is 9.93. The summed E-state index contributed by atoms with van der Waals surface area (Å²) in [5, 5.41) is 13.6. The average Bonchev–Trinajstić information content (AvgIpc) is 2.35. The van der Waals surface area contributed by atoms with Gasteiger partial charge in [-0.2, -0.15) is 0 Å². The van der Waals surface area contributed by atoms with E-state index in [1.807, 2.05) is 19.1 Å². The lowest BCUT2D eigenvalue weighted by molar-refractivity contribution is 0.0550. The molecule has 102 valence electrons. The summed E-state index contributed by atoms with van der Waals surface area (Å²) in [5.74, 6) is 0.517. The predicted octanol–water partition coefficient (Wildman–Crippen LogP) is 2.25. The van der Waals surface area contributed by atoms with Crippen LogP contribution in [0.2, 0.25) is 0 Å². The Balaban J connectivity index is 2.60. The van der Waals surface area contributed by atoms with E-state index in [-0.39, 0.29) is 0 Å². The fourth-order valence-electron chi connectivity index (χ4n) is 1.84. The number of rotatable bonds is 7. The number of ether oxygens (including phenoxy) is 1. The highest BCUT2D eigenvalue weighted by Gasteiger charge is 2.22. The minimum Gasteiger partial charge on any atom is -0.384 e.